The summed E-state index contributed by atoms with van der Waals surface area (Å²) in [6.07, 6.45) is 6.85. The molecule has 152 valence electrons. The minimum absolute atomic E-state index is 0.227. The molecule has 0 saturated carbocycles. The molecule has 0 spiro atoms. The van der Waals surface area contributed by atoms with E-state index in [1.54, 1.807) is 15.4 Å². The van der Waals surface area contributed by atoms with Gasteiger partial charge in [0.25, 0.3) is 0 Å². The molecule has 0 atom stereocenters. The molecule has 0 unspecified atom stereocenters. The molecule has 5 heterocycles. The van der Waals surface area contributed by atoms with Crippen molar-refractivity contribution in [3.05, 3.63) is 54.2 Å². The van der Waals surface area contributed by atoms with E-state index in [9.17, 15) is 12.8 Å². The van der Waals surface area contributed by atoms with Crippen LogP contribution in [0.4, 0.5) is 10.2 Å². The lowest BCUT2D eigenvalue weighted by Gasteiger charge is -2.42. The van der Waals surface area contributed by atoms with Crippen molar-refractivity contribution in [1.82, 2.24) is 19.3 Å². The minimum Gasteiger partial charge on any atom is -0.351 e. The molecule has 2 aliphatic rings. The number of rotatable bonds is 4. The molecular weight excluding hydrogens is 393 g/mol. The summed E-state index contributed by atoms with van der Waals surface area (Å²) in [7, 11) is -3.39. The highest BCUT2D eigenvalue weighted by atomic mass is 32.2. The van der Waals surface area contributed by atoms with Gasteiger partial charge in [-0.1, -0.05) is 0 Å². The number of aromatic nitrogens is 3. The molecule has 5 rings (SSSR count). The van der Waals surface area contributed by atoms with E-state index in [1.165, 1.54) is 23.9 Å². The van der Waals surface area contributed by atoms with Gasteiger partial charge in [-0.2, -0.15) is 0 Å². The maximum absolute atomic E-state index is 13.9. The molecule has 0 bridgehead atoms. The Hall–Kier alpha value is -2.52. The monoisotopic (exact) mass is 415 g/mol. The average molecular weight is 415 g/mol. The summed E-state index contributed by atoms with van der Waals surface area (Å²) < 4.78 is 41.5. The van der Waals surface area contributed by atoms with Gasteiger partial charge in [0.2, 0.25) is 10.0 Å². The number of hydrogen-bond donors (Lipinski definition) is 1. The molecule has 2 aliphatic heterocycles. The predicted molar refractivity (Wildman–Crippen MR) is 109 cm³/mol. The van der Waals surface area contributed by atoms with Crippen molar-refractivity contribution in [3.8, 4) is 0 Å². The zero-order valence-electron chi connectivity index (χ0n) is 15.8. The van der Waals surface area contributed by atoms with Crippen molar-refractivity contribution < 1.29 is 12.8 Å². The number of aromatic amines is 1. The van der Waals surface area contributed by atoms with Gasteiger partial charge in [-0.3, -0.25) is 0 Å². The van der Waals surface area contributed by atoms with Crippen molar-refractivity contribution >= 4 is 26.9 Å². The molecule has 29 heavy (non-hydrogen) atoms. The maximum Gasteiger partial charge on any atom is 0.220 e. The second-order valence-electron chi connectivity index (χ2n) is 7.70. The molecule has 0 radical (unpaired) electrons. The highest BCUT2D eigenvalue weighted by Crippen LogP contribution is 2.35. The van der Waals surface area contributed by atoms with E-state index in [2.05, 4.69) is 21.0 Å². The SMILES string of the molecule is O=S(=O)(C1CN(c2ncccc2F)C1)N1CCC(c2c[nH]c3ncccc23)CC1. The fraction of sp³-hybridized carbons (Fsp3) is 0.400. The van der Waals surface area contributed by atoms with Gasteiger partial charge in [0.05, 0.1) is 0 Å². The highest BCUT2D eigenvalue weighted by molar-refractivity contribution is 7.89. The molecule has 3 aromatic heterocycles. The Morgan fingerprint density at radius 2 is 1.79 bits per heavy atom. The van der Waals surface area contributed by atoms with Gasteiger partial charge < -0.3 is 9.88 Å². The van der Waals surface area contributed by atoms with Gasteiger partial charge >= 0.3 is 0 Å². The van der Waals surface area contributed by atoms with Crippen molar-refractivity contribution in [3.63, 3.8) is 0 Å². The van der Waals surface area contributed by atoms with Crippen LogP contribution in [0.5, 0.6) is 0 Å². The smallest absolute Gasteiger partial charge is 0.220 e. The number of nitrogens with zero attached hydrogens (tertiary/aromatic N) is 4. The Bertz CT molecular complexity index is 1130. The molecule has 0 aromatic carbocycles. The molecule has 7 nitrogen and oxygen atoms in total. The van der Waals surface area contributed by atoms with Crippen LogP contribution in [0.2, 0.25) is 0 Å². The summed E-state index contributed by atoms with van der Waals surface area (Å²) in [4.78, 5) is 13.2. The molecule has 1 N–H and O–H groups in total. The summed E-state index contributed by atoms with van der Waals surface area (Å²) in [5.74, 6) is 0.128. The van der Waals surface area contributed by atoms with Crippen molar-refractivity contribution in [1.29, 1.82) is 0 Å². The lowest BCUT2D eigenvalue weighted by Crippen LogP contribution is -2.59. The van der Waals surface area contributed by atoms with Gasteiger partial charge in [-0.05, 0) is 48.6 Å². The van der Waals surface area contributed by atoms with Crippen LogP contribution in [0.1, 0.15) is 24.3 Å². The number of fused-ring (bicyclic) bond motifs is 1. The number of H-pyrrole nitrogens is 1. The zero-order valence-corrected chi connectivity index (χ0v) is 16.6. The second-order valence-corrected chi connectivity index (χ2v) is 9.91. The Balaban J connectivity index is 1.23. The Morgan fingerprint density at radius 1 is 1.07 bits per heavy atom. The third kappa shape index (κ3) is 3.18. The first-order valence-corrected chi connectivity index (χ1v) is 11.3. The highest BCUT2D eigenvalue weighted by Gasteiger charge is 2.43. The Kier molecular flexibility index (Phi) is 4.51. The lowest BCUT2D eigenvalue weighted by atomic mass is 9.90. The number of halogens is 1. The first-order chi connectivity index (χ1) is 14.0. The molecule has 2 saturated heterocycles. The Labute approximate surface area is 168 Å². The second kappa shape index (κ2) is 7.07. The van der Waals surface area contributed by atoms with Gasteiger partial charge in [0.1, 0.15) is 10.9 Å². The van der Waals surface area contributed by atoms with E-state index in [0.29, 0.717) is 19.0 Å². The molecule has 0 aliphatic carbocycles. The van der Waals surface area contributed by atoms with Crippen LogP contribution in [0, 0.1) is 5.82 Å². The molecule has 0 amide bonds. The van der Waals surface area contributed by atoms with Crippen molar-refractivity contribution in [2.24, 2.45) is 0 Å². The van der Waals surface area contributed by atoms with E-state index >= 15 is 0 Å². The number of sulfonamides is 1. The van der Waals surface area contributed by atoms with Crippen molar-refractivity contribution in [2.75, 3.05) is 31.1 Å². The number of piperidine rings is 1. The Morgan fingerprint density at radius 3 is 2.55 bits per heavy atom. The maximum atomic E-state index is 13.9. The normalized spacial score (nSPS) is 19.6. The van der Waals surface area contributed by atoms with Crippen LogP contribution >= 0.6 is 0 Å². The summed E-state index contributed by atoms with van der Waals surface area (Å²) in [6, 6.07) is 6.85. The van der Waals surface area contributed by atoms with Crippen LogP contribution in [0.3, 0.4) is 0 Å². The molecular formula is C20H22FN5O2S. The summed E-state index contributed by atoms with van der Waals surface area (Å²) in [5, 5.41) is 0.610. The third-order valence-electron chi connectivity index (χ3n) is 6.04. The van der Waals surface area contributed by atoms with Gasteiger partial charge in [-0.25, -0.2) is 27.1 Å². The van der Waals surface area contributed by atoms with E-state index in [4.69, 9.17) is 0 Å². The van der Waals surface area contributed by atoms with Gasteiger partial charge in [0, 0.05) is 50.2 Å². The fourth-order valence-corrected chi connectivity index (χ4v) is 6.23. The number of pyridine rings is 2. The minimum atomic E-state index is -3.39. The quantitative estimate of drug-likeness (QED) is 0.708. The number of anilines is 1. The summed E-state index contributed by atoms with van der Waals surface area (Å²) in [6.45, 7) is 1.58. The van der Waals surface area contributed by atoms with E-state index in [0.717, 1.165) is 23.9 Å². The van der Waals surface area contributed by atoms with Crippen LogP contribution in [0.15, 0.2) is 42.9 Å². The largest absolute Gasteiger partial charge is 0.351 e. The van der Waals surface area contributed by atoms with E-state index < -0.39 is 21.1 Å². The lowest BCUT2D eigenvalue weighted by molar-refractivity contribution is 0.313. The fourth-order valence-electron chi connectivity index (χ4n) is 4.36. The van der Waals surface area contributed by atoms with Gasteiger partial charge in [0.15, 0.2) is 11.6 Å². The van der Waals surface area contributed by atoms with E-state index in [-0.39, 0.29) is 18.9 Å². The predicted octanol–water partition coefficient (Wildman–Crippen LogP) is 2.50. The molecule has 2 fully saturated rings. The number of nitrogens with one attached hydrogen (secondary N) is 1. The number of hydrogen-bond acceptors (Lipinski definition) is 5. The van der Waals surface area contributed by atoms with Crippen LogP contribution in [-0.2, 0) is 10.0 Å². The van der Waals surface area contributed by atoms with E-state index in [1.807, 2.05) is 12.3 Å². The molecule has 3 aromatic rings. The molecule has 9 heteroatoms. The van der Waals surface area contributed by atoms with Crippen molar-refractivity contribution in [2.45, 2.75) is 24.0 Å². The summed E-state index contributed by atoms with van der Waals surface area (Å²) >= 11 is 0. The van der Waals surface area contributed by atoms with Gasteiger partial charge in [-0.15, -0.1) is 0 Å². The van der Waals surface area contributed by atoms with Crippen LogP contribution < -0.4 is 4.90 Å². The third-order valence-corrected chi connectivity index (χ3v) is 8.27. The standard InChI is InChI=1S/C20H22FN5O2S/c21-18-4-2-8-23-20(18)25-12-15(13-25)29(27,28)26-9-5-14(6-10-26)17-11-24-19-16(17)3-1-7-22-19/h1-4,7-8,11,14-15H,5-6,9-10,12-13H2,(H,22,24). The zero-order chi connectivity index (χ0) is 20.0. The first-order valence-electron chi connectivity index (χ1n) is 9.80. The van der Waals surface area contributed by atoms with Crippen LogP contribution in [-0.4, -0.2) is 59.1 Å². The van der Waals surface area contributed by atoms with Crippen LogP contribution in [0.25, 0.3) is 11.0 Å². The first kappa shape index (κ1) is 18.5. The average Bonchev–Trinajstić information content (AvgIpc) is 3.12. The summed E-state index contributed by atoms with van der Waals surface area (Å²) in [5.41, 5.74) is 2.08. The topological polar surface area (TPSA) is 82.2 Å².